The predicted molar refractivity (Wildman–Crippen MR) is 82.4 cm³/mol. The summed E-state index contributed by atoms with van der Waals surface area (Å²) in [6.07, 6.45) is 4.84. The molecule has 2 aromatic rings. The van der Waals surface area contributed by atoms with Crippen molar-refractivity contribution in [3.8, 4) is 0 Å². The number of nitrogens with zero attached hydrogens (tertiary/aromatic N) is 4. The first-order valence-corrected chi connectivity index (χ1v) is 7.75. The van der Waals surface area contributed by atoms with E-state index >= 15 is 0 Å². The minimum absolute atomic E-state index is 0.171. The van der Waals surface area contributed by atoms with Crippen LogP contribution in [0.3, 0.4) is 0 Å². The Kier molecular flexibility index (Phi) is 5.32. The van der Waals surface area contributed by atoms with Gasteiger partial charge < -0.3 is 9.64 Å². The first-order valence-electron chi connectivity index (χ1n) is 6.87. The molecule has 0 radical (unpaired) electrons. The Morgan fingerprint density at radius 2 is 2.33 bits per heavy atom. The number of thiazole rings is 1. The van der Waals surface area contributed by atoms with Gasteiger partial charge >= 0.3 is 5.97 Å². The molecule has 0 unspecified atom stereocenters. The van der Waals surface area contributed by atoms with Gasteiger partial charge in [-0.1, -0.05) is 0 Å². The fraction of sp³-hybridized carbons (Fsp3) is 0.500. The van der Waals surface area contributed by atoms with E-state index < -0.39 is 0 Å². The van der Waals surface area contributed by atoms with Gasteiger partial charge in [-0.3, -0.25) is 9.48 Å². The molecule has 114 valence electrons. The minimum atomic E-state index is -0.171. The van der Waals surface area contributed by atoms with Crippen LogP contribution in [0.4, 0.5) is 5.13 Å². The molecule has 0 aliphatic carbocycles. The van der Waals surface area contributed by atoms with E-state index in [0.29, 0.717) is 19.4 Å². The molecular formula is C14H20N4O2S. The third kappa shape index (κ3) is 4.56. The van der Waals surface area contributed by atoms with E-state index in [-0.39, 0.29) is 5.97 Å². The van der Waals surface area contributed by atoms with E-state index in [4.69, 9.17) is 4.74 Å². The molecule has 0 N–H and O–H groups in total. The van der Waals surface area contributed by atoms with Crippen molar-refractivity contribution in [2.75, 3.05) is 18.6 Å². The average Bonchev–Trinajstić information content (AvgIpc) is 3.06. The number of carbonyl (C=O) groups is 1. The molecule has 6 nitrogen and oxygen atoms in total. The molecule has 0 saturated carbocycles. The minimum Gasteiger partial charge on any atom is -0.466 e. The number of ether oxygens (including phenoxy) is 1. The van der Waals surface area contributed by atoms with Crippen LogP contribution < -0.4 is 4.90 Å². The van der Waals surface area contributed by atoms with Crippen LogP contribution >= 0.6 is 11.3 Å². The maximum absolute atomic E-state index is 11.3. The van der Waals surface area contributed by atoms with Crippen molar-refractivity contribution < 1.29 is 9.53 Å². The smallest absolute Gasteiger partial charge is 0.306 e. The van der Waals surface area contributed by atoms with Gasteiger partial charge in [-0.05, 0) is 6.92 Å². The van der Waals surface area contributed by atoms with Gasteiger partial charge in [0.25, 0.3) is 0 Å². The van der Waals surface area contributed by atoms with Crippen molar-refractivity contribution in [2.24, 2.45) is 7.05 Å². The summed E-state index contributed by atoms with van der Waals surface area (Å²) in [4.78, 5) is 18.0. The van der Waals surface area contributed by atoms with Crippen LogP contribution in [0, 0.1) is 0 Å². The number of rotatable bonds is 7. The zero-order valence-electron chi connectivity index (χ0n) is 12.6. The second-order valence-electron chi connectivity index (χ2n) is 4.80. The van der Waals surface area contributed by atoms with Gasteiger partial charge in [0.1, 0.15) is 0 Å². The van der Waals surface area contributed by atoms with E-state index in [1.54, 1.807) is 16.0 Å². The van der Waals surface area contributed by atoms with Crippen LogP contribution in [-0.2, 0) is 29.5 Å². The van der Waals surface area contributed by atoms with Gasteiger partial charge in [0.2, 0.25) is 0 Å². The standard InChI is InChI=1S/C14H20N4O2S/c1-4-20-13(19)6-5-12-10-21-14(16-12)17(2)8-11-7-15-18(3)9-11/h7,9-10H,4-6,8H2,1-3H3. The van der Waals surface area contributed by atoms with Crippen molar-refractivity contribution >= 4 is 22.4 Å². The highest BCUT2D eigenvalue weighted by Crippen LogP contribution is 2.21. The largest absolute Gasteiger partial charge is 0.466 e. The first-order chi connectivity index (χ1) is 10.1. The molecular weight excluding hydrogens is 288 g/mol. The van der Waals surface area contributed by atoms with Crippen LogP contribution in [-0.4, -0.2) is 34.4 Å². The first kappa shape index (κ1) is 15.5. The molecule has 0 aliphatic heterocycles. The van der Waals surface area contributed by atoms with E-state index in [1.165, 1.54) is 0 Å². The molecule has 0 aromatic carbocycles. The molecule has 0 spiro atoms. The Balaban J connectivity index is 1.88. The Morgan fingerprint density at radius 3 is 3.00 bits per heavy atom. The van der Waals surface area contributed by atoms with Gasteiger partial charge in [0, 0.05) is 44.2 Å². The summed E-state index contributed by atoms with van der Waals surface area (Å²) in [5.41, 5.74) is 2.07. The summed E-state index contributed by atoms with van der Waals surface area (Å²) in [5.74, 6) is -0.171. The molecule has 2 aromatic heterocycles. The van der Waals surface area contributed by atoms with Crippen LogP contribution in [0.25, 0.3) is 0 Å². The molecule has 0 amide bonds. The molecule has 0 aliphatic rings. The third-order valence-corrected chi connectivity index (χ3v) is 3.94. The lowest BCUT2D eigenvalue weighted by Gasteiger charge is -2.14. The molecule has 0 fully saturated rings. The number of esters is 1. The third-order valence-electron chi connectivity index (χ3n) is 2.93. The Morgan fingerprint density at radius 1 is 1.52 bits per heavy atom. The normalized spacial score (nSPS) is 10.6. The van der Waals surface area contributed by atoms with E-state index in [1.807, 2.05) is 38.8 Å². The van der Waals surface area contributed by atoms with E-state index in [0.717, 1.165) is 22.9 Å². The zero-order valence-corrected chi connectivity index (χ0v) is 13.4. The summed E-state index contributed by atoms with van der Waals surface area (Å²) in [5, 5.41) is 7.09. The Bertz CT molecular complexity index is 593. The Hall–Kier alpha value is -1.89. The predicted octanol–water partition coefficient (Wildman–Crippen LogP) is 2.01. The molecule has 0 atom stereocenters. The van der Waals surface area contributed by atoms with Crippen molar-refractivity contribution in [3.63, 3.8) is 0 Å². The maximum Gasteiger partial charge on any atom is 0.306 e. The average molecular weight is 308 g/mol. The van der Waals surface area contributed by atoms with Gasteiger partial charge in [-0.25, -0.2) is 4.98 Å². The van der Waals surface area contributed by atoms with Crippen LogP contribution in [0.15, 0.2) is 17.8 Å². The zero-order chi connectivity index (χ0) is 15.2. The van der Waals surface area contributed by atoms with Gasteiger partial charge in [0.15, 0.2) is 5.13 Å². The van der Waals surface area contributed by atoms with Crippen LogP contribution in [0.5, 0.6) is 0 Å². The monoisotopic (exact) mass is 308 g/mol. The number of carbonyl (C=O) groups excluding carboxylic acids is 1. The van der Waals surface area contributed by atoms with Gasteiger partial charge in [0.05, 0.1) is 24.9 Å². The van der Waals surface area contributed by atoms with Crippen LogP contribution in [0.1, 0.15) is 24.6 Å². The number of hydrogen-bond acceptors (Lipinski definition) is 6. The summed E-state index contributed by atoms with van der Waals surface area (Å²) < 4.78 is 6.70. The Labute approximate surface area is 128 Å². The highest BCUT2D eigenvalue weighted by Gasteiger charge is 2.10. The lowest BCUT2D eigenvalue weighted by Crippen LogP contribution is -2.15. The number of hydrogen-bond donors (Lipinski definition) is 0. The lowest BCUT2D eigenvalue weighted by molar-refractivity contribution is -0.143. The lowest BCUT2D eigenvalue weighted by atomic mass is 10.2. The van der Waals surface area contributed by atoms with Crippen molar-refractivity contribution in [2.45, 2.75) is 26.3 Å². The van der Waals surface area contributed by atoms with Crippen LogP contribution in [0.2, 0.25) is 0 Å². The van der Waals surface area contributed by atoms with Gasteiger partial charge in [-0.2, -0.15) is 5.10 Å². The summed E-state index contributed by atoms with van der Waals surface area (Å²) in [6.45, 7) is 3.00. The van der Waals surface area contributed by atoms with Gasteiger partial charge in [-0.15, -0.1) is 11.3 Å². The van der Waals surface area contributed by atoms with E-state index in [2.05, 4.69) is 15.0 Å². The topological polar surface area (TPSA) is 60.2 Å². The second kappa shape index (κ2) is 7.21. The molecule has 2 rings (SSSR count). The summed E-state index contributed by atoms with van der Waals surface area (Å²) in [7, 11) is 3.90. The molecule has 21 heavy (non-hydrogen) atoms. The summed E-state index contributed by atoms with van der Waals surface area (Å²) in [6, 6.07) is 0. The molecule has 7 heteroatoms. The maximum atomic E-state index is 11.3. The highest BCUT2D eigenvalue weighted by molar-refractivity contribution is 7.13. The number of aromatic nitrogens is 3. The molecule has 0 saturated heterocycles. The molecule has 0 bridgehead atoms. The van der Waals surface area contributed by atoms with Crippen molar-refractivity contribution in [1.82, 2.24) is 14.8 Å². The SMILES string of the molecule is CCOC(=O)CCc1csc(N(C)Cc2cnn(C)c2)n1. The van der Waals surface area contributed by atoms with Crippen molar-refractivity contribution in [1.29, 1.82) is 0 Å². The fourth-order valence-electron chi connectivity index (χ4n) is 1.94. The highest BCUT2D eigenvalue weighted by atomic mass is 32.1. The number of aryl methyl sites for hydroxylation is 2. The van der Waals surface area contributed by atoms with E-state index in [9.17, 15) is 4.79 Å². The summed E-state index contributed by atoms with van der Waals surface area (Å²) >= 11 is 1.58. The molecule has 2 heterocycles. The van der Waals surface area contributed by atoms with Crippen molar-refractivity contribution in [3.05, 3.63) is 29.0 Å². The second-order valence-corrected chi connectivity index (χ2v) is 5.64. The number of anilines is 1. The fourth-order valence-corrected chi connectivity index (χ4v) is 2.77. The quantitative estimate of drug-likeness (QED) is 0.732.